The Morgan fingerprint density at radius 2 is 2.06 bits per heavy atom. The van der Waals surface area contributed by atoms with Gasteiger partial charge in [0.05, 0.1) is 17.3 Å². The normalized spacial score (nSPS) is 10.7. The highest BCUT2D eigenvalue weighted by molar-refractivity contribution is 5.86. The molecule has 1 aromatic rings. The Morgan fingerprint density at radius 1 is 1.44 bits per heavy atom. The van der Waals surface area contributed by atoms with E-state index in [0.29, 0.717) is 5.56 Å². The topological polar surface area (TPSA) is 62.1 Å². The second kappa shape index (κ2) is 5.05. The second-order valence-corrected chi connectivity index (χ2v) is 4.86. The zero-order chi connectivity index (χ0) is 13.9. The molecule has 0 aliphatic heterocycles. The first-order valence-corrected chi connectivity index (χ1v) is 5.43. The number of carbonyl (C=O) groups excluding carboxylic acids is 1. The summed E-state index contributed by atoms with van der Waals surface area (Å²) in [5.74, 6) is -0.580. The van der Waals surface area contributed by atoms with Gasteiger partial charge in [-0.15, -0.1) is 0 Å². The molecule has 0 aliphatic rings. The molecule has 0 aliphatic carbocycles. The third kappa shape index (κ3) is 3.74. The Balaban J connectivity index is 2.95. The average molecular weight is 250 g/mol. The SMILES string of the molecule is Cc1c(C#N)cc(F)cc1NC(=O)OC(C)(C)C. The van der Waals surface area contributed by atoms with Crippen LogP contribution >= 0.6 is 0 Å². The Morgan fingerprint density at radius 3 is 2.56 bits per heavy atom. The van der Waals surface area contributed by atoms with Gasteiger partial charge < -0.3 is 4.74 Å². The van der Waals surface area contributed by atoms with Gasteiger partial charge >= 0.3 is 6.09 Å². The van der Waals surface area contributed by atoms with Crippen LogP contribution in [0.15, 0.2) is 12.1 Å². The summed E-state index contributed by atoms with van der Waals surface area (Å²) >= 11 is 0. The quantitative estimate of drug-likeness (QED) is 0.831. The molecule has 0 bridgehead atoms. The van der Waals surface area contributed by atoms with Crippen molar-refractivity contribution in [3.8, 4) is 6.07 Å². The van der Waals surface area contributed by atoms with E-state index in [1.54, 1.807) is 27.7 Å². The summed E-state index contributed by atoms with van der Waals surface area (Å²) in [6.45, 7) is 6.81. The van der Waals surface area contributed by atoms with Crippen molar-refractivity contribution in [1.82, 2.24) is 0 Å². The van der Waals surface area contributed by atoms with Crippen LogP contribution in [0.1, 0.15) is 31.9 Å². The van der Waals surface area contributed by atoms with Crippen molar-refractivity contribution >= 4 is 11.8 Å². The fraction of sp³-hybridized carbons (Fsp3) is 0.385. The third-order valence-electron chi connectivity index (χ3n) is 2.13. The number of rotatable bonds is 1. The number of benzene rings is 1. The van der Waals surface area contributed by atoms with Crippen molar-refractivity contribution in [3.63, 3.8) is 0 Å². The Kier molecular flexibility index (Phi) is 3.92. The number of hydrogen-bond acceptors (Lipinski definition) is 3. The van der Waals surface area contributed by atoms with E-state index in [2.05, 4.69) is 5.32 Å². The molecule has 0 aromatic heterocycles. The van der Waals surface area contributed by atoms with E-state index in [-0.39, 0.29) is 11.3 Å². The molecule has 5 heteroatoms. The van der Waals surface area contributed by atoms with E-state index in [4.69, 9.17) is 10.00 Å². The van der Waals surface area contributed by atoms with E-state index < -0.39 is 17.5 Å². The lowest BCUT2D eigenvalue weighted by Gasteiger charge is -2.20. The van der Waals surface area contributed by atoms with Crippen LogP contribution < -0.4 is 5.32 Å². The van der Waals surface area contributed by atoms with Crippen LogP contribution in [-0.4, -0.2) is 11.7 Å². The Hall–Kier alpha value is -2.09. The number of nitrogens with one attached hydrogen (secondary N) is 1. The van der Waals surface area contributed by atoms with Crippen LogP contribution in [0.2, 0.25) is 0 Å². The van der Waals surface area contributed by atoms with Gasteiger partial charge in [-0.25, -0.2) is 9.18 Å². The monoisotopic (exact) mass is 250 g/mol. The van der Waals surface area contributed by atoms with Crippen LogP contribution in [0.3, 0.4) is 0 Å². The lowest BCUT2D eigenvalue weighted by atomic mass is 10.1. The standard InChI is InChI=1S/C13H15FN2O2/c1-8-9(7-15)5-10(14)6-11(8)16-12(17)18-13(2,3)4/h5-6H,1-4H3,(H,16,17). The van der Waals surface area contributed by atoms with Crippen molar-refractivity contribution in [2.45, 2.75) is 33.3 Å². The second-order valence-electron chi connectivity index (χ2n) is 4.86. The fourth-order valence-corrected chi connectivity index (χ4v) is 1.34. The molecule has 0 spiro atoms. The lowest BCUT2D eigenvalue weighted by molar-refractivity contribution is 0.0636. The highest BCUT2D eigenvalue weighted by atomic mass is 19.1. The number of ether oxygens (including phenoxy) is 1. The van der Waals surface area contributed by atoms with Gasteiger partial charge in [0.25, 0.3) is 0 Å². The molecule has 0 heterocycles. The largest absolute Gasteiger partial charge is 0.444 e. The molecule has 1 rings (SSSR count). The summed E-state index contributed by atoms with van der Waals surface area (Å²) in [5, 5.41) is 11.3. The molecule has 96 valence electrons. The van der Waals surface area contributed by atoms with Crippen molar-refractivity contribution in [3.05, 3.63) is 29.1 Å². The maximum Gasteiger partial charge on any atom is 0.412 e. The minimum atomic E-state index is -0.680. The minimum absolute atomic E-state index is 0.182. The van der Waals surface area contributed by atoms with E-state index in [9.17, 15) is 9.18 Å². The first kappa shape index (κ1) is 14.0. The summed E-state index contributed by atoms with van der Waals surface area (Å²) in [7, 11) is 0. The molecule has 0 radical (unpaired) electrons. The minimum Gasteiger partial charge on any atom is -0.444 e. The summed E-state index contributed by atoms with van der Waals surface area (Å²) in [6, 6.07) is 4.14. The van der Waals surface area contributed by atoms with Crippen molar-refractivity contribution < 1.29 is 13.9 Å². The number of nitrogens with zero attached hydrogens (tertiary/aromatic N) is 1. The molecule has 0 saturated heterocycles. The van der Waals surface area contributed by atoms with Crippen molar-refractivity contribution in [2.75, 3.05) is 5.32 Å². The molecule has 18 heavy (non-hydrogen) atoms. The lowest BCUT2D eigenvalue weighted by Crippen LogP contribution is -2.27. The molecule has 0 atom stereocenters. The zero-order valence-electron chi connectivity index (χ0n) is 10.8. The van der Waals surface area contributed by atoms with Gasteiger partial charge in [-0.3, -0.25) is 5.32 Å². The zero-order valence-corrected chi connectivity index (χ0v) is 10.8. The number of nitriles is 1. The number of hydrogen-bond donors (Lipinski definition) is 1. The summed E-state index contributed by atoms with van der Waals surface area (Å²) in [5.41, 5.74) is 0.287. The Bertz CT molecular complexity index is 513. The van der Waals surface area contributed by atoms with Crippen molar-refractivity contribution in [1.29, 1.82) is 5.26 Å². The predicted molar refractivity (Wildman–Crippen MR) is 65.7 cm³/mol. The van der Waals surface area contributed by atoms with E-state index in [1.165, 1.54) is 0 Å². The molecule has 4 nitrogen and oxygen atoms in total. The molecule has 1 aromatic carbocycles. The molecule has 1 N–H and O–H groups in total. The number of carbonyl (C=O) groups is 1. The number of amides is 1. The highest BCUT2D eigenvalue weighted by Gasteiger charge is 2.17. The number of halogens is 1. The van der Waals surface area contributed by atoms with Crippen LogP contribution in [0.25, 0.3) is 0 Å². The molecule has 0 fully saturated rings. The molecule has 1 amide bonds. The van der Waals surface area contributed by atoms with E-state index >= 15 is 0 Å². The van der Waals surface area contributed by atoms with Crippen molar-refractivity contribution in [2.24, 2.45) is 0 Å². The van der Waals surface area contributed by atoms with Gasteiger partial charge in [0, 0.05) is 0 Å². The third-order valence-corrected chi connectivity index (χ3v) is 2.13. The summed E-state index contributed by atoms with van der Waals surface area (Å²) < 4.78 is 18.3. The van der Waals surface area contributed by atoms with Crippen LogP contribution in [0.4, 0.5) is 14.9 Å². The molecular weight excluding hydrogens is 235 g/mol. The van der Waals surface area contributed by atoms with Crippen LogP contribution in [-0.2, 0) is 4.74 Å². The van der Waals surface area contributed by atoms with Gasteiger partial charge in [-0.2, -0.15) is 5.26 Å². The summed E-state index contributed by atoms with van der Waals surface area (Å²) in [4.78, 5) is 11.6. The Labute approximate surface area is 105 Å². The first-order valence-electron chi connectivity index (χ1n) is 5.43. The van der Waals surface area contributed by atoms with Gasteiger partial charge in [-0.05, 0) is 45.4 Å². The van der Waals surface area contributed by atoms with Gasteiger partial charge in [0.1, 0.15) is 11.4 Å². The maximum atomic E-state index is 13.2. The first-order chi connectivity index (χ1) is 8.23. The summed E-state index contributed by atoms with van der Waals surface area (Å²) in [6.07, 6.45) is -0.680. The van der Waals surface area contributed by atoms with Crippen LogP contribution in [0.5, 0.6) is 0 Å². The fourth-order valence-electron chi connectivity index (χ4n) is 1.34. The average Bonchev–Trinajstić information content (AvgIpc) is 2.20. The number of anilines is 1. The highest BCUT2D eigenvalue weighted by Crippen LogP contribution is 2.21. The maximum absolute atomic E-state index is 13.2. The predicted octanol–water partition coefficient (Wildman–Crippen LogP) is 3.35. The molecule has 0 saturated carbocycles. The molecule has 0 unspecified atom stereocenters. The van der Waals surface area contributed by atoms with Gasteiger partial charge in [-0.1, -0.05) is 0 Å². The van der Waals surface area contributed by atoms with Gasteiger partial charge in [0.15, 0.2) is 0 Å². The smallest absolute Gasteiger partial charge is 0.412 e. The van der Waals surface area contributed by atoms with Gasteiger partial charge in [0.2, 0.25) is 0 Å². The van der Waals surface area contributed by atoms with Crippen LogP contribution in [0, 0.1) is 24.1 Å². The van der Waals surface area contributed by atoms with E-state index in [1.807, 2.05) is 6.07 Å². The van der Waals surface area contributed by atoms with E-state index in [0.717, 1.165) is 12.1 Å². The molecular formula is C13H15FN2O2.